The maximum atomic E-state index is 5.61. The van der Waals surface area contributed by atoms with Crippen molar-refractivity contribution >= 4 is 0 Å². The lowest BCUT2D eigenvalue weighted by Gasteiger charge is -2.09. The second-order valence-corrected chi connectivity index (χ2v) is 3.22. The Kier molecular flexibility index (Phi) is 3.02. The molecule has 1 radical (unpaired) electrons. The zero-order valence-corrected chi connectivity index (χ0v) is 8.02. The molecule has 1 aliphatic carbocycles. The van der Waals surface area contributed by atoms with Gasteiger partial charge < -0.3 is 4.74 Å². The van der Waals surface area contributed by atoms with Crippen molar-refractivity contribution in [2.75, 3.05) is 0 Å². The van der Waals surface area contributed by atoms with Gasteiger partial charge in [0.15, 0.2) is 0 Å². The minimum Gasteiger partial charge on any atom is -0.489 e. The summed E-state index contributed by atoms with van der Waals surface area (Å²) in [4.78, 5) is 0. The van der Waals surface area contributed by atoms with Gasteiger partial charge in [-0.15, -0.1) is 0 Å². The fourth-order valence-electron chi connectivity index (χ4n) is 1.34. The maximum Gasteiger partial charge on any atom is 0.115 e. The molecular formula is C13H13O. The Labute approximate surface area is 84.7 Å². The first-order valence-electron chi connectivity index (χ1n) is 4.82. The Morgan fingerprint density at radius 3 is 2.71 bits per heavy atom. The van der Waals surface area contributed by atoms with Crippen molar-refractivity contribution in [1.29, 1.82) is 0 Å². The van der Waals surface area contributed by atoms with E-state index in [1.807, 2.05) is 30.4 Å². The van der Waals surface area contributed by atoms with Crippen LogP contribution in [0.3, 0.4) is 0 Å². The monoisotopic (exact) mass is 185 g/mol. The number of rotatable bonds is 3. The van der Waals surface area contributed by atoms with Gasteiger partial charge in [-0.25, -0.2) is 0 Å². The van der Waals surface area contributed by atoms with E-state index in [1.54, 1.807) is 0 Å². The van der Waals surface area contributed by atoms with Gasteiger partial charge in [0.05, 0.1) is 0 Å². The summed E-state index contributed by atoms with van der Waals surface area (Å²) in [5.74, 6) is 0.945. The third kappa shape index (κ3) is 2.49. The Bertz CT molecular complexity index is 336. The summed E-state index contributed by atoms with van der Waals surface area (Å²) in [5.41, 5.74) is 1.20. The summed E-state index contributed by atoms with van der Waals surface area (Å²) in [6.45, 7) is 0.644. The summed E-state index contributed by atoms with van der Waals surface area (Å²) >= 11 is 0. The van der Waals surface area contributed by atoms with Crippen LogP contribution in [0.2, 0.25) is 0 Å². The first kappa shape index (κ1) is 9.07. The fourth-order valence-corrected chi connectivity index (χ4v) is 1.34. The molecule has 0 N–H and O–H groups in total. The molecule has 0 aromatic heterocycles. The van der Waals surface area contributed by atoms with Crippen molar-refractivity contribution in [3.8, 4) is 0 Å². The second kappa shape index (κ2) is 4.66. The molecule has 0 aliphatic heterocycles. The zero-order chi connectivity index (χ0) is 9.64. The molecule has 2 rings (SSSR count). The highest BCUT2D eigenvalue weighted by Crippen LogP contribution is 2.12. The van der Waals surface area contributed by atoms with E-state index in [0.29, 0.717) is 6.61 Å². The molecule has 0 fully saturated rings. The van der Waals surface area contributed by atoms with Gasteiger partial charge in [0, 0.05) is 0 Å². The van der Waals surface area contributed by atoms with Gasteiger partial charge in [-0.3, -0.25) is 0 Å². The normalized spacial score (nSPS) is 15.0. The largest absolute Gasteiger partial charge is 0.489 e. The first-order chi connectivity index (χ1) is 6.95. The van der Waals surface area contributed by atoms with Crippen LogP contribution in [0.25, 0.3) is 0 Å². The summed E-state index contributed by atoms with van der Waals surface area (Å²) in [5, 5.41) is 0. The highest BCUT2D eigenvalue weighted by atomic mass is 16.5. The summed E-state index contributed by atoms with van der Waals surface area (Å²) in [6, 6.07) is 10.2. The van der Waals surface area contributed by atoms with Crippen molar-refractivity contribution in [3.63, 3.8) is 0 Å². The van der Waals surface area contributed by atoms with Crippen molar-refractivity contribution in [1.82, 2.24) is 0 Å². The quantitative estimate of drug-likeness (QED) is 0.702. The molecule has 0 amide bonds. The SMILES string of the molecule is [CH]1C=C(OCc2ccccc2)C=CC1. The molecule has 0 spiro atoms. The summed E-state index contributed by atoms with van der Waals surface area (Å²) < 4.78 is 5.61. The van der Waals surface area contributed by atoms with Crippen LogP contribution in [0.15, 0.2) is 54.3 Å². The third-order valence-electron chi connectivity index (χ3n) is 2.08. The Balaban J connectivity index is 1.88. The van der Waals surface area contributed by atoms with E-state index in [9.17, 15) is 0 Å². The summed E-state index contributed by atoms with van der Waals surface area (Å²) in [7, 11) is 0. The predicted molar refractivity (Wildman–Crippen MR) is 57.4 cm³/mol. The standard InChI is InChI=1S/C13H13O/c1-3-7-12(8-4-1)11-14-13-9-5-2-6-10-13/h1,3-10H,2,11H2. The minimum atomic E-state index is 0.644. The van der Waals surface area contributed by atoms with Crippen LogP contribution in [0.4, 0.5) is 0 Å². The maximum absolute atomic E-state index is 5.61. The number of ether oxygens (including phenoxy) is 1. The Morgan fingerprint density at radius 1 is 1.14 bits per heavy atom. The molecule has 0 saturated carbocycles. The number of allylic oxidation sites excluding steroid dienone is 3. The smallest absolute Gasteiger partial charge is 0.115 e. The topological polar surface area (TPSA) is 9.23 Å². The van der Waals surface area contributed by atoms with Gasteiger partial charge in [-0.2, -0.15) is 0 Å². The highest BCUT2D eigenvalue weighted by molar-refractivity contribution is 5.22. The average molecular weight is 185 g/mol. The zero-order valence-electron chi connectivity index (χ0n) is 8.02. The number of benzene rings is 1. The molecular weight excluding hydrogens is 172 g/mol. The molecule has 0 saturated heterocycles. The second-order valence-electron chi connectivity index (χ2n) is 3.22. The van der Waals surface area contributed by atoms with E-state index in [4.69, 9.17) is 4.74 Å². The number of hydrogen-bond donors (Lipinski definition) is 0. The molecule has 1 aromatic carbocycles. The Morgan fingerprint density at radius 2 is 2.00 bits per heavy atom. The van der Waals surface area contributed by atoms with Gasteiger partial charge in [0.25, 0.3) is 0 Å². The van der Waals surface area contributed by atoms with Crippen molar-refractivity contribution in [2.45, 2.75) is 13.0 Å². The lowest BCUT2D eigenvalue weighted by molar-refractivity contribution is 0.210. The molecule has 1 aromatic rings. The minimum absolute atomic E-state index is 0.644. The molecule has 0 atom stereocenters. The molecule has 14 heavy (non-hydrogen) atoms. The van der Waals surface area contributed by atoms with Crippen LogP contribution in [0.1, 0.15) is 12.0 Å². The van der Waals surface area contributed by atoms with Gasteiger partial charge in [0.2, 0.25) is 0 Å². The predicted octanol–water partition coefficient (Wildman–Crippen LogP) is 3.25. The third-order valence-corrected chi connectivity index (χ3v) is 2.08. The van der Waals surface area contributed by atoms with Crippen LogP contribution in [-0.4, -0.2) is 0 Å². The van der Waals surface area contributed by atoms with Gasteiger partial charge in [0.1, 0.15) is 12.4 Å². The van der Waals surface area contributed by atoms with Gasteiger partial charge in [-0.05, 0) is 30.6 Å². The molecule has 1 nitrogen and oxygen atoms in total. The average Bonchev–Trinajstić information content (AvgIpc) is 2.29. The fraction of sp³-hybridized carbons (Fsp3) is 0.154. The van der Waals surface area contributed by atoms with E-state index in [0.717, 1.165) is 12.2 Å². The molecule has 0 heterocycles. The van der Waals surface area contributed by atoms with Crippen LogP contribution >= 0.6 is 0 Å². The van der Waals surface area contributed by atoms with E-state index in [2.05, 4.69) is 24.6 Å². The highest BCUT2D eigenvalue weighted by Gasteiger charge is 1.98. The van der Waals surface area contributed by atoms with E-state index in [-0.39, 0.29) is 0 Å². The van der Waals surface area contributed by atoms with Gasteiger partial charge in [-0.1, -0.05) is 36.4 Å². The molecule has 1 heteroatoms. The van der Waals surface area contributed by atoms with E-state index in [1.165, 1.54) is 5.56 Å². The first-order valence-corrected chi connectivity index (χ1v) is 4.82. The lowest BCUT2D eigenvalue weighted by atomic mass is 10.2. The van der Waals surface area contributed by atoms with Crippen molar-refractivity contribution in [2.24, 2.45) is 0 Å². The number of hydrogen-bond acceptors (Lipinski definition) is 1. The Hall–Kier alpha value is -1.50. The molecule has 0 unspecified atom stereocenters. The van der Waals surface area contributed by atoms with Crippen LogP contribution in [0.5, 0.6) is 0 Å². The van der Waals surface area contributed by atoms with Crippen LogP contribution in [-0.2, 0) is 11.3 Å². The molecule has 1 aliphatic rings. The van der Waals surface area contributed by atoms with Crippen LogP contribution in [0, 0.1) is 6.42 Å². The molecule has 0 bridgehead atoms. The van der Waals surface area contributed by atoms with Crippen LogP contribution < -0.4 is 0 Å². The van der Waals surface area contributed by atoms with E-state index >= 15 is 0 Å². The molecule has 71 valence electrons. The van der Waals surface area contributed by atoms with Crippen molar-refractivity contribution in [3.05, 3.63) is 66.3 Å². The van der Waals surface area contributed by atoms with E-state index < -0.39 is 0 Å². The lowest BCUT2D eigenvalue weighted by Crippen LogP contribution is -1.93. The summed E-state index contributed by atoms with van der Waals surface area (Å²) in [6.07, 6.45) is 9.24. The van der Waals surface area contributed by atoms with Gasteiger partial charge >= 0.3 is 0 Å². The van der Waals surface area contributed by atoms with Crippen molar-refractivity contribution < 1.29 is 4.74 Å².